The van der Waals surface area contributed by atoms with E-state index in [-0.39, 0.29) is 18.3 Å². The van der Waals surface area contributed by atoms with Crippen LogP contribution in [0.4, 0.5) is 0 Å². The van der Waals surface area contributed by atoms with Gasteiger partial charge in [0.15, 0.2) is 0 Å². The van der Waals surface area contributed by atoms with Crippen LogP contribution in [0.3, 0.4) is 0 Å². The number of carbonyl (C=O) groups is 2. The van der Waals surface area contributed by atoms with Crippen molar-refractivity contribution >= 4 is 23.3 Å². The molecule has 3 rings (SSSR count). The Kier molecular flexibility index (Phi) is 6.57. The smallest absolute Gasteiger partial charge is 0.336 e. The number of hydrogen-bond acceptors (Lipinski definition) is 6. The lowest BCUT2D eigenvalue weighted by atomic mass is 9.84. The number of dihydropyridines is 1. The van der Waals surface area contributed by atoms with E-state index in [1.807, 2.05) is 17.5 Å². The highest BCUT2D eigenvalue weighted by Crippen LogP contribution is 2.40. The molecule has 28 heavy (non-hydrogen) atoms. The van der Waals surface area contributed by atoms with Gasteiger partial charge < -0.3 is 19.9 Å². The molecule has 0 amide bonds. The highest BCUT2D eigenvalue weighted by Gasteiger charge is 2.38. The van der Waals surface area contributed by atoms with Gasteiger partial charge in [-0.25, -0.2) is 9.59 Å². The summed E-state index contributed by atoms with van der Waals surface area (Å²) < 4.78 is 11.2. The molecule has 1 aromatic rings. The van der Waals surface area contributed by atoms with Crippen molar-refractivity contribution in [3.63, 3.8) is 0 Å². The first kappa shape index (κ1) is 20.6. The van der Waals surface area contributed by atoms with Crippen LogP contribution in [-0.2, 0) is 19.1 Å². The summed E-state index contributed by atoms with van der Waals surface area (Å²) in [6.07, 6.45) is 4.41. The molecule has 7 heteroatoms. The van der Waals surface area contributed by atoms with E-state index in [0.29, 0.717) is 22.9 Å². The van der Waals surface area contributed by atoms with E-state index in [4.69, 9.17) is 9.47 Å². The van der Waals surface area contributed by atoms with Crippen LogP contribution >= 0.6 is 11.3 Å². The number of methoxy groups -OCH3 is 1. The van der Waals surface area contributed by atoms with Crippen molar-refractivity contribution in [2.45, 2.75) is 51.6 Å². The fourth-order valence-electron chi connectivity index (χ4n) is 4.25. The number of thiophene rings is 1. The maximum absolute atomic E-state index is 13.0. The van der Waals surface area contributed by atoms with Crippen LogP contribution in [0.5, 0.6) is 0 Å². The van der Waals surface area contributed by atoms with Crippen LogP contribution in [0.2, 0.25) is 0 Å². The maximum Gasteiger partial charge on any atom is 0.336 e. The summed E-state index contributed by atoms with van der Waals surface area (Å²) in [5.74, 6) is -1.77. The topological polar surface area (TPSA) is 84.9 Å². The normalized spacial score (nSPS) is 21.6. The van der Waals surface area contributed by atoms with E-state index in [2.05, 4.69) is 5.32 Å². The molecule has 1 aromatic heterocycles. The number of rotatable bonds is 7. The van der Waals surface area contributed by atoms with E-state index < -0.39 is 17.9 Å². The molecule has 0 bridgehead atoms. The van der Waals surface area contributed by atoms with E-state index in [0.717, 1.165) is 17.7 Å². The quantitative estimate of drug-likeness (QED) is 0.671. The number of nitrogens with one attached hydrogen (secondary N) is 1. The van der Waals surface area contributed by atoms with E-state index in [1.165, 1.54) is 24.2 Å². The highest BCUT2D eigenvalue weighted by atomic mass is 32.1. The fraction of sp³-hybridized carbons (Fsp3) is 0.524. The Hall–Kier alpha value is -2.12. The number of ether oxygens (including phenoxy) is 2. The number of hydrogen-bond donors (Lipinski definition) is 2. The standard InChI is InChI=1S/C21H27NO5S/c1-12-17(20(23)24)19(16-9-6-10-28-16)18(13(2)22-12)21(25)27-11-15(26-3)14-7-4-5-8-14/h6,9-10,14-15,19,22H,4-5,7-8,11H2,1-3H3,(H,23,24). The predicted molar refractivity (Wildman–Crippen MR) is 107 cm³/mol. The van der Waals surface area contributed by atoms with Gasteiger partial charge in [0.05, 0.1) is 23.2 Å². The van der Waals surface area contributed by atoms with Gasteiger partial charge in [-0.2, -0.15) is 0 Å². The summed E-state index contributed by atoms with van der Waals surface area (Å²) in [4.78, 5) is 25.8. The SMILES string of the molecule is COC(COC(=O)C1=C(C)NC(C)=C(C(=O)O)C1c1cccs1)C1CCCC1. The van der Waals surface area contributed by atoms with Gasteiger partial charge in [0.2, 0.25) is 0 Å². The minimum Gasteiger partial charge on any atom is -0.478 e. The molecule has 152 valence electrons. The molecule has 2 heterocycles. The Labute approximate surface area is 169 Å². The molecule has 1 saturated carbocycles. The molecule has 0 saturated heterocycles. The summed E-state index contributed by atoms with van der Waals surface area (Å²) in [6.45, 7) is 3.68. The molecule has 1 aliphatic carbocycles. The molecule has 1 aliphatic heterocycles. The third-order valence-electron chi connectivity index (χ3n) is 5.65. The third-order valence-corrected chi connectivity index (χ3v) is 6.58. The minimum absolute atomic E-state index is 0.125. The van der Waals surface area contributed by atoms with E-state index in [1.54, 1.807) is 21.0 Å². The minimum atomic E-state index is -1.04. The van der Waals surface area contributed by atoms with Crippen LogP contribution in [0.15, 0.2) is 40.1 Å². The zero-order chi connectivity index (χ0) is 20.3. The molecule has 2 unspecified atom stereocenters. The number of aliphatic carboxylic acids is 1. The molecular weight excluding hydrogens is 378 g/mol. The Morgan fingerprint density at radius 2 is 1.93 bits per heavy atom. The second-order valence-electron chi connectivity index (χ2n) is 7.37. The summed E-state index contributed by atoms with van der Waals surface area (Å²) in [5.41, 5.74) is 1.70. The zero-order valence-electron chi connectivity index (χ0n) is 16.5. The number of esters is 1. The van der Waals surface area contributed by atoms with E-state index >= 15 is 0 Å². The Bertz CT molecular complexity index is 790. The number of carboxylic acid groups (broad SMARTS) is 1. The van der Waals surface area contributed by atoms with Crippen LogP contribution in [0.1, 0.15) is 50.3 Å². The molecule has 0 aromatic carbocycles. The lowest BCUT2D eigenvalue weighted by Crippen LogP contribution is -2.33. The molecule has 6 nitrogen and oxygen atoms in total. The summed E-state index contributed by atoms with van der Waals surface area (Å²) >= 11 is 1.43. The Morgan fingerprint density at radius 3 is 2.50 bits per heavy atom. The van der Waals surface area contributed by atoms with Crippen molar-refractivity contribution in [2.24, 2.45) is 5.92 Å². The molecule has 2 N–H and O–H groups in total. The second kappa shape index (κ2) is 8.92. The molecule has 2 aliphatic rings. The van der Waals surface area contributed by atoms with Gasteiger partial charge in [-0.3, -0.25) is 0 Å². The van der Waals surface area contributed by atoms with Crippen LogP contribution in [0.25, 0.3) is 0 Å². The van der Waals surface area contributed by atoms with Gasteiger partial charge in [-0.1, -0.05) is 18.9 Å². The summed E-state index contributed by atoms with van der Waals surface area (Å²) in [7, 11) is 1.65. The van der Waals surface area contributed by atoms with Gasteiger partial charge in [0.1, 0.15) is 6.61 Å². The largest absolute Gasteiger partial charge is 0.478 e. The molecule has 0 radical (unpaired) electrons. The molecule has 1 fully saturated rings. The molecular formula is C21H27NO5S. The first-order valence-electron chi connectivity index (χ1n) is 9.59. The first-order valence-corrected chi connectivity index (χ1v) is 10.5. The first-order chi connectivity index (χ1) is 13.4. The molecule has 0 spiro atoms. The number of allylic oxidation sites excluding steroid dienone is 2. The van der Waals surface area contributed by atoms with Gasteiger partial charge >= 0.3 is 11.9 Å². The van der Waals surface area contributed by atoms with Crippen LogP contribution in [-0.4, -0.2) is 36.9 Å². The highest BCUT2D eigenvalue weighted by molar-refractivity contribution is 7.10. The van der Waals surface area contributed by atoms with Gasteiger partial charge in [0, 0.05) is 23.4 Å². The number of carboxylic acids is 1. The average molecular weight is 406 g/mol. The van der Waals surface area contributed by atoms with Crippen molar-refractivity contribution in [1.82, 2.24) is 5.32 Å². The zero-order valence-corrected chi connectivity index (χ0v) is 17.3. The monoisotopic (exact) mass is 405 g/mol. The van der Waals surface area contributed by atoms with Crippen LogP contribution < -0.4 is 5.32 Å². The Morgan fingerprint density at radius 1 is 1.25 bits per heavy atom. The van der Waals surface area contributed by atoms with Crippen LogP contribution in [0, 0.1) is 5.92 Å². The van der Waals surface area contributed by atoms with Crippen molar-refractivity contribution in [2.75, 3.05) is 13.7 Å². The summed E-state index contributed by atoms with van der Waals surface area (Å²) in [6, 6.07) is 3.71. The van der Waals surface area contributed by atoms with E-state index in [9.17, 15) is 14.7 Å². The molecule has 2 atom stereocenters. The Balaban J connectivity index is 1.84. The van der Waals surface area contributed by atoms with Crippen molar-refractivity contribution in [3.8, 4) is 0 Å². The van der Waals surface area contributed by atoms with Gasteiger partial charge in [-0.05, 0) is 44.1 Å². The fourth-order valence-corrected chi connectivity index (χ4v) is 5.09. The predicted octanol–water partition coefficient (Wildman–Crippen LogP) is 3.82. The van der Waals surface area contributed by atoms with Gasteiger partial charge in [0.25, 0.3) is 0 Å². The lowest BCUT2D eigenvalue weighted by Gasteiger charge is -2.29. The van der Waals surface area contributed by atoms with Crippen molar-refractivity contribution < 1.29 is 24.2 Å². The second-order valence-corrected chi connectivity index (χ2v) is 8.35. The number of carbonyl (C=O) groups excluding carboxylic acids is 1. The van der Waals surface area contributed by atoms with Gasteiger partial charge in [-0.15, -0.1) is 11.3 Å². The van der Waals surface area contributed by atoms with Crippen molar-refractivity contribution in [3.05, 3.63) is 44.9 Å². The maximum atomic E-state index is 13.0. The third kappa shape index (κ3) is 4.15. The summed E-state index contributed by atoms with van der Waals surface area (Å²) in [5, 5.41) is 14.7. The average Bonchev–Trinajstić information content (AvgIpc) is 3.35. The van der Waals surface area contributed by atoms with Crippen molar-refractivity contribution in [1.29, 1.82) is 0 Å². The lowest BCUT2D eigenvalue weighted by molar-refractivity contribution is -0.144.